The summed E-state index contributed by atoms with van der Waals surface area (Å²) in [5, 5.41) is 3.30. The molecule has 0 amide bonds. The molecular formula is C12H15F2N. The summed E-state index contributed by atoms with van der Waals surface area (Å²) < 4.78 is 26.1. The van der Waals surface area contributed by atoms with Crippen molar-refractivity contribution in [2.24, 2.45) is 0 Å². The summed E-state index contributed by atoms with van der Waals surface area (Å²) in [4.78, 5) is 0. The fourth-order valence-corrected chi connectivity index (χ4v) is 2.16. The van der Waals surface area contributed by atoms with Crippen molar-refractivity contribution < 1.29 is 8.78 Å². The standard InChI is InChI=1S/C12H15F2N/c1-12(8-11(14)6-7-15-12)9-2-4-10(13)5-3-9/h2-5,11,15H,6-8H2,1H3. The van der Waals surface area contributed by atoms with E-state index >= 15 is 0 Å². The van der Waals surface area contributed by atoms with Crippen molar-refractivity contribution in [2.75, 3.05) is 6.54 Å². The summed E-state index contributed by atoms with van der Waals surface area (Å²) in [6.07, 6.45) is 0.261. The highest BCUT2D eigenvalue weighted by Gasteiger charge is 2.33. The van der Waals surface area contributed by atoms with Gasteiger partial charge in [-0.2, -0.15) is 0 Å². The van der Waals surface area contributed by atoms with E-state index in [-0.39, 0.29) is 11.4 Å². The average molecular weight is 211 g/mol. The van der Waals surface area contributed by atoms with Gasteiger partial charge >= 0.3 is 0 Å². The Labute approximate surface area is 88.5 Å². The highest BCUT2D eigenvalue weighted by Crippen LogP contribution is 2.31. The van der Waals surface area contributed by atoms with Crippen LogP contribution in [0.25, 0.3) is 0 Å². The number of piperidine rings is 1. The van der Waals surface area contributed by atoms with Crippen LogP contribution in [-0.2, 0) is 5.54 Å². The van der Waals surface area contributed by atoms with Crippen molar-refractivity contribution in [3.05, 3.63) is 35.6 Å². The highest BCUT2D eigenvalue weighted by atomic mass is 19.1. The minimum atomic E-state index is -0.763. The number of alkyl halides is 1. The molecular weight excluding hydrogens is 196 g/mol. The Balaban J connectivity index is 2.24. The van der Waals surface area contributed by atoms with Gasteiger partial charge in [0.2, 0.25) is 0 Å². The predicted molar refractivity (Wildman–Crippen MR) is 55.9 cm³/mol. The number of halogens is 2. The zero-order valence-electron chi connectivity index (χ0n) is 8.76. The molecule has 1 aliphatic rings. The third kappa shape index (κ3) is 2.17. The summed E-state index contributed by atoms with van der Waals surface area (Å²) in [6.45, 7) is 2.64. The Morgan fingerprint density at radius 2 is 2.00 bits per heavy atom. The Kier molecular flexibility index (Phi) is 2.74. The van der Waals surface area contributed by atoms with E-state index in [1.54, 1.807) is 12.1 Å². The van der Waals surface area contributed by atoms with E-state index in [4.69, 9.17) is 0 Å². The molecule has 0 bridgehead atoms. The molecule has 2 rings (SSSR count). The number of hydrogen-bond acceptors (Lipinski definition) is 1. The van der Waals surface area contributed by atoms with Gasteiger partial charge in [0.05, 0.1) is 0 Å². The Morgan fingerprint density at radius 1 is 1.33 bits per heavy atom. The predicted octanol–water partition coefficient (Wildman–Crippen LogP) is 2.76. The third-order valence-electron chi connectivity index (χ3n) is 3.08. The fourth-order valence-electron chi connectivity index (χ4n) is 2.16. The number of benzene rings is 1. The van der Waals surface area contributed by atoms with Gasteiger partial charge in [-0.25, -0.2) is 8.78 Å². The molecule has 15 heavy (non-hydrogen) atoms. The van der Waals surface area contributed by atoms with Gasteiger partial charge in [-0.3, -0.25) is 0 Å². The molecule has 1 aliphatic heterocycles. The molecule has 1 saturated heterocycles. The maximum Gasteiger partial charge on any atom is 0.123 e. The monoisotopic (exact) mass is 211 g/mol. The number of nitrogens with one attached hydrogen (secondary N) is 1. The molecule has 0 radical (unpaired) electrons. The van der Waals surface area contributed by atoms with Gasteiger partial charge in [-0.1, -0.05) is 12.1 Å². The first-order chi connectivity index (χ1) is 7.10. The van der Waals surface area contributed by atoms with Crippen LogP contribution in [0.3, 0.4) is 0 Å². The van der Waals surface area contributed by atoms with Crippen LogP contribution in [0.4, 0.5) is 8.78 Å². The average Bonchev–Trinajstić information content (AvgIpc) is 2.18. The van der Waals surface area contributed by atoms with Crippen LogP contribution in [0, 0.1) is 5.82 Å². The quantitative estimate of drug-likeness (QED) is 0.753. The molecule has 1 fully saturated rings. The summed E-state index contributed by atoms with van der Waals surface area (Å²) in [5.74, 6) is -0.255. The second-order valence-corrected chi connectivity index (χ2v) is 4.36. The first-order valence-electron chi connectivity index (χ1n) is 5.25. The minimum absolute atomic E-state index is 0.255. The van der Waals surface area contributed by atoms with Crippen molar-refractivity contribution >= 4 is 0 Å². The smallest absolute Gasteiger partial charge is 0.123 e. The second kappa shape index (κ2) is 3.89. The second-order valence-electron chi connectivity index (χ2n) is 4.36. The van der Waals surface area contributed by atoms with Gasteiger partial charge in [-0.05, 0) is 37.6 Å². The number of hydrogen-bond donors (Lipinski definition) is 1. The van der Waals surface area contributed by atoms with E-state index in [2.05, 4.69) is 5.32 Å². The Morgan fingerprint density at radius 3 is 2.60 bits per heavy atom. The number of rotatable bonds is 1. The van der Waals surface area contributed by atoms with E-state index in [9.17, 15) is 8.78 Å². The van der Waals surface area contributed by atoms with Crippen molar-refractivity contribution in [3.8, 4) is 0 Å². The highest BCUT2D eigenvalue weighted by molar-refractivity contribution is 5.25. The molecule has 82 valence electrons. The van der Waals surface area contributed by atoms with E-state index in [0.29, 0.717) is 19.4 Å². The van der Waals surface area contributed by atoms with Crippen LogP contribution in [0.15, 0.2) is 24.3 Å². The van der Waals surface area contributed by atoms with Crippen molar-refractivity contribution in [2.45, 2.75) is 31.5 Å². The molecule has 3 heteroatoms. The maximum absolute atomic E-state index is 13.3. The van der Waals surface area contributed by atoms with Gasteiger partial charge in [0.25, 0.3) is 0 Å². The molecule has 1 heterocycles. The van der Waals surface area contributed by atoms with Crippen LogP contribution in [0.5, 0.6) is 0 Å². The van der Waals surface area contributed by atoms with Gasteiger partial charge in [-0.15, -0.1) is 0 Å². The fraction of sp³-hybridized carbons (Fsp3) is 0.500. The lowest BCUT2D eigenvalue weighted by Crippen LogP contribution is -2.46. The first kappa shape index (κ1) is 10.6. The van der Waals surface area contributed by atoms with Crippen molar-refractivity contribution in [1.82, 2.24) is 5.32 Å². The Bertz CT molecular complexity index is 336. The molecule has 1 aromatic rings. The summed E-state index contributed by atoms with van der Waals surface area (Å²) in [7, 11) is 0. The van der Waals surface area contributed by atoms with Gasteiger partial charge in [0.15, 0.2) is 0 Å². The summed E-state index contributed by atoms with van der Waals surface area (Å²) in [6, 6.07) is 6.29. The van der Waals surface area contributed by atoms with Crippen LogP contribution in [0.2, 0.25) is 0 Å². The molecule has 0 spiro atoms. The molecule has 2 atom stereocenters. The van der Waals surface area contributed by atoms with Crippen molar-refractivity contribution in [1.29, 1.82) is 0 Å². The molecule has 0 saturated carbocycles. The third-order valence-corrected chi connectivity index (χ3v) is 3.08. The zero-order valence-corrected chi connectivity index (χ0v) is 8.76. The first-order valence-corrected chi connectivity index (χ1v) is 5.25. The van der Waals surface area contributed by atoms with Gasteiger partial charge in [0, 0.05) is 12.0 Å². The van der Waals surface area contributed by atoms with Gasteiger partial charge < -0.3 is 5.32 Å². The summed E-state index contributed by atoms with van der Waals surface area (Å²) >= 11 is 0. The lowest BCUT2D eigenvalue weighted by atomic mass is 9.83. The molecule has 0 aliphatic carbocycles. The molecule has 2 unspecified atom stereocenters. The zero-order chi connectivity index (χ0) is 10.9. The largest absolute Gasteiger partial charge is 0.307 e. The summed E-state index contributed by atoms with van der Waals surface area (Å²) in [5.41, 5.74) is 0.594. The lowest BCUT2D eigenvalue weighted by Gasteiger charge is -2.37. The molecule has 1 nitrogen and oxygen atoms in total. The van der Waals surface area contributed by atoms with Crippen LogP contribution in [-0.4, -0.2) is 12.7 Å². The van der Waals surface area contributed by atoms with Crippen molar-refractivity contribution in [3.63, 3.8) is 0 Å². The van der Waals surface area contributed by atoms with Crippen LogP contribution >= 0.6 is 0 Å². The van der Waals surface area contributed by atoms with Crippen LogP contribution < -0.4 is 5.32 Å². The molecule has 0 aromatic heterocycles. The van der Waals surface area contributed by atoms with E-state index < -0.39 is 6.17 Å². The normalized spacial score (nSPS) is 31.5. The van der Waals surface area contributed by atoms with E-state index in [1.807, 2.05) is 6.92 Å². The maximum atomic E-state index is 13.3. The Hall–Kier alpha value is -0.960. The lowest BCUT2D eigenvalue weighted by molar-refractivity contribution is 0.165. The van der Waals surface area contributed by atoms with E-state index in [1.165, 1.54) is 12.1 Å². The minimum Gasteiger partial charge on any atom is -0.307 e. The van der Waals surface area contributed by atoms with E-state index in [0.717, 1.165) is 5.56 Å². The van der Waals surface area contributed by atoms with Gasteiger partial charge in [0.1, 0.15) is 12.0 Å². The molecule has 1 aromatic carbocycles. The topological polar surface area (TPSA) is 12.0 Å². The molecule has 1 N–H and O–H groups in total. The SMILES string of the molecule is CC1(c2ccc(F)cc2)CC(F)CCN1. The van der Waals surface area contributed by atoms with Crippen LogP contribution in [0.1, 0.15) is 25.3 Å².